The third-order valence-corrected chi connectivity index (χ3v) is 12.5. The highest BCUT2D eigenvalue weighted by Gasteiger charge is 2.41. The van der Waals surface area contributed by atoms with Gasteiger partial charge in [0.05, 0.1) is 5.75 Å². The molecule has 13 heteroatoms. The molecule has 0 aliphatic carbocycles. The van der Waals surface area contributed by atoms with Crippen molar-refractivity contribution < 1.29 is 27.9 Å². The molecule has 0 saturated carbocycles. The Hall–Kier alpha value is -4.20. The van der Waals surface area contributed by atoms with E-state index in [2.05, 4.69) is 15.5 Å². The molecule has 4 amide bonds. The first kappa shape index (κ1) is 33.3. The van der Waals surface area contributed by atoms with Crippen molar-refractivity contribution in [1.29, 1.82) is 0 Å². The second-order valence-electron chi connectivity index (χ2n) is 14.2. The van der Waals surface area contributed by atoms with Crippen molar-refractivity contribution in [3.8, 4) is 0 Å². The second-order valence-corrected chi connectivity index (χ2v) is 16.1. The van der Waals surface area contributed by atoms with Crippen LogP contribution < -0.4 is 20.4 Å². The van der Waals surface area contributed by atoms with Crippen LogP contribution in [-0.4, -0.2) is 84.9 Å². The highest BCUT2D eigenvalue weighted by Crippen LogP contribution is 2.47. The molecular formula is C36H44N6O6S. The van der Waals surface area contributed by atoms with Gasteiger partial charge >= 0.3 is 6.03 Å². The van der Waals surface area contributed by atoms with E-state index in [4.69, 9.17) is 0 Å². The van der Waals surface area contributed by atoms with E-state index < -0.39 is 33.7 Å². The van der Waals surface area contributed by atoms with Crippen molar-refractivity contribution in [2.45, 2.75) is 75.9 Å². The summed E-state index contributed by atoms with van der Waals surface area (Å²) >= 11 is 0. The van der Waals surface area contributed by atoms with Crippen LogP contribution >= 0.6 is 0 Å². The molecule has 0 spiro atoms. The third-order valence-electron chi connectivity index (χ3n) is 10.5. The number of anilines is 3. The Morgan fingerprint density at radius 3 is 2.55 bits per heavy atom. The van der Waals surface area contributed by atoms with Crippen LogP contribution in [0.2, 0.25) is 0 Å². The Morgan fingerprint density at radius 1 is 0.959 bits per heavy atom. The Morgan fingerprint density at radius 2 is 1.76 bits per heavy atom. The highest BCUT2D eigenvalue weighted by atomic mass is 32.2. The van der Waals surface area contributed by atoms with Crippen molar-refractivity contribution in [2.75, 3.05) is 47.8 Å². The quantitative estimate of drug-likeness (QED) is 0.326. The van der Waals surface area contributed by atoms with E-state index in [-0.39, 0.29) is 24.1 Å². The monoisotopic (exact) mass is 688 g/mol. The number of rotatable bonds is 6. The number of nitrogens with one attached hydrogen (secondary N) is 2. The summed E-state index contributed by atoms with van der Waals surface area (Å²) < 4.78 is 28.4. The Labute approximate surface area is 287 Å². The van der Waals surface area contributed by atoms with E-state index in [9.17, 15) is 27.9 Å². The number of aliphatic hydroxyl groups excluding tert-OH is 1. The third kappa shape index (κ3) is 6.35. The van der Waals surface area contributed by atoms with Crippen LogP contribution in [0.4, 0.5) is 21.9 Å². The second kappa shape index (κ2) is 12.9. The number of benzene rings is 3. The van der Waals surface area contributed by atoms with Crippen LogP contribution in [0.1, 0.15) is 69.7 Å². The molecule has 4 aliphatic rings. The standard InChI is InChI=1S/C36H44N6O6S/c1-36(2)16-3-4-19-41(36)49(47,48)23-24-8-5-9-25(22-24)37-35(46)40-18-7-17-39(20-21-40)28-12-13-29-32-26(28)10-6-11-27(32)34(45)42(29)30-14-15-31(43)38-33(30)44/h5-6,8-13,22,30,34,45H,3-4,7,14-21,23H2,1-2H3,(H,37,46)(H,38,43,44). The van der Waals surface area contributed by atoms with Crippen LogP contribution in [0.15, 0.2) is 54.6 Å². The molecule has 260 valence electrons. The van der Waals surface area contributed by atoms with E-state index in [1.54, 1.807) is 38.4 Å². The maximum absolute atomic E-state index is 13.5. The summed E-state index contributed by atoms with van der Waals surface area (Å²) in [6, 6.07) is 16.0. The van der Waals surface area contributed by atoms with E-state index in [0.29, 0.717) is 43.9 Å². The number of amides is 4. The highest BCUT2D eigenvalue weighted by molar-refractivity contribution is 7.88. The SMILES string of the molecule is CC1(C)CCCCN1S(=O)(=O)Cc1cccc(NC(=O)N2CCCN(c3ccc4c5c(cccc35)C(O)N4C3CCC(=O)NC3=O)CC2)c1. The minimum Gasteiger partial charge on any atom is -0.369 e. The molecule has 4 heterocycles. The average Bonchev–Trinajstić information content (AvgIpc) is 3.18. The normalized spacial score (nSPS) is 23.0. The Balaban J connectivity index is 1.03. The molecule has 3 saturated heterocycles. The van der Waals surface area contributed by atoms with Gasteiger partial charge in [-0.2, -0.15) is 4.31 Å². The summed E-state index contributed by atoms with van der Waals surface area (Å²) in [5.41, 5.74) is 3.27. The number of carbonyl (C=O) groups is 3. The zero-order valence-corrected chi connectivity index (χ0v) is 28.8. The van der Waals surface area contributed by atoms with Gasteiger partial charge in [0.25, 0.3) is 0 Å². The van der Waals surface area contributed by atoms with Crippen LogP contribution in [0.25, 0.3) is 10.8 Å². The lowest BCUT2D eigenvalue weighted by molar-refractivity contribution is -0.134. The summed E-state index contributed by atoms with van der Waals surface area (Å²) in [6.45, 7) is 6.85. The summed E-state index contributed by atoms with van der Waals surface area (Å²) in [6.07, 6.45) is 3.02. The number of urea groups is 1. The number of nitrogens with zero attached hydrogens (tertiary/aromatic N) is 4. The van der Waals surface area contributed by atoms with Crippen molar-refractivity contribution in [3.05, 3.63) is 65.7 Å². The molecule has 3 N–H and O–H groups in total. The first-order chi connectivity index (χ1) is 23.4. The summed E-state index contributed by atoms with van der Waals surface area (Å²) in [5, 5.41) is 18.6. The molecule has 0 bridgehead atoms. The molecule has 2 unspecified atom stereocenters. The fourth-order valence-electron chi connectivity index (χ4n) is 8.02. The predicted molar refractivity (Wildman–Crippen MR) is 189 cm³/mol. The van der Waals surface area contributed by atoms with Crippen LogP contribution in [-0.2, 0) is 25.4 Å². The van der Waals surface area contributed by atoms with Gasteiger partial charge < -0.3 is 25.1 Å². The minimum atomic E-state index is -3.52. The van der Waals surface area contributed by atoms with Gasteiger partial charge in [-0.15, -0.1) is 0 Å². The Kier molecular flexibility index (Phi) is 8.78. The first-order valence-corrected chi connectivity index (χ1v) is 18.8. The Bertz CT molecular complexity index is 1910. The number of carbonyl (C=O) groups excluding carboxylic acids is 3. The number of piperidine rings is 2. The topological polar surface area (TPSA) is 143 Å². The first-order valence-electron chi connectivity index (χ1n) is 17.2. The number of aliphatic hydroxyl groups is 1. The van der Waals surface area contributed by atoms with Gasteiger partial charge in [0.1, 0.15) is 6.04 Å². The smallest absolute Gasteiger partial charge is 0.321 e. The van der Waals surface area contributed by atoms with E-state index in [1.165, 1.54) is 0 Å². The zero-order valence-electron chi connectivity index (χ0n) is 28.0. The molecular weight excluding hydrogens is 644 g/mol. The van der Waals surface area contributed by atoms with E-state index in [1.807, 2.05) is 44.2 Å². The van der Waals surface area contributed by atoms with Crippen LogP contribution in [0.5, 0.6) is 0 Å². The molecule has 2 atom stereocenters. The number of hydrogen-bond donors (Lipinski definition) is 3. The van der Waals surface area contributed by atoms with Gasteiger partial charge in [0, 0.05) is 78.1 Å². The number of hydrogen-bond acceptors (Lipinski definition) is 8. The summed E-state index contributed by atoms with van der Waals surface area (Å²) in [5.74, 6) is -0.812. The minimum absolute atomic E-state index is 0.115. The van der Waals surface area contributed by atoms with Crippen molar-refractivity contribution in [2.24, 2.45) is 0 Å². The van der Waals surface area contributed by atoms with Gasteiger partial charge in [0.2, 0.25) is 21.8 Å². The fourth-order valence-corrected chi connectivity index (χ4v) is 10.0. The van der Waals surface area contributed by atoms with Crippen LogP contribution in [0, 0.1) is 0 Å². The van der Waals surface area contributed by atoms with Crippen molar-refractivity contribution >= 4 is 55.7 Å². The summed E-state index contributed by atoms with van der Waals surface area (Å²) in [4.78, 5) is 43.8. The maximum Gasteiger partial charge on any atom is 0.321 e. The van der Waals surface area contributed by atoms with Gasteiger partial charge in [-0.3, -0.25) is 14.9 Å². The fraction of sp³-hybridized carbons (Fsp3) is 0.472. The molecule has 0 radical (unpaired) electrons. The van der Waals surface area contributed by atoms with Gasteiger partial charge in [0.15, 0.2) is 6.23 Å². The maximum atomic E-state index is 13.5. The van der Waals surface area contributed by atoms with E-state index >= 15 is 0 Å². The van der Waals surface area contributed by atoms with Gasteiger partial charge in [-0.05, 0) is 69.4 Å². The summed E-state index contributed by atoms with van der Waals surface area (Å²) in [7, 11) is -3.52. The lowest BCUT2D eigenvalue weighted by Crippen LogP contribution is -2.52. The number of imide groups is 1. The molecule has 49 heavy (non-hydrogen) atoms. The molecule has 0 aromatic heterocycles. The molecule has 4 aliphatic heterocycles. The molecule has 3 fully saturated rings. The van der Waals surface area contributed by atoms with E-state index in [0.717, 1.165) is 59.9 Å². The predicted octanol–water partition coefficient (Wildman–Crippen LogP) is 4.29. The van der Waals surface area contributed by atoms with Crippen molar-refractivity contribution in [1.82, 2.24) is 14.5 Å². The van der Waals surface area contributed by atoms with Gasteiger partial charge in [-0.25, -0.2) is 13.2 Å². The lowest BCUT2D eigenvalue weighted by Gasteiger charge is -2.41. The molecule has 7 rings (SSSR count). The largest absolute Gasteiger partial charge is 0.369 e. The zero-order chi connectivity index (χ0) is 34.5. The molecule has 12 nitrogen and oxygen atoms in total. The van der Waals surface area contributed by atoms with Crippen LogP contribution in [0.3, 0.4) is 0 Å². The van der Waals surface area contributed by atoms with Gasteiger partial charge in [-0.1, -0.05) is 36.8 Å². The van der Waals surface area contributed by atoms with Crippen molar-refractivity contribution in [3.63, 3.8) is 0 Å². The molecule has 3 aromatic carbocycles. The lowest BCUT2D eigenvalue weighted by atomic mass is 9.93. The average molecular weight is 689 g/mol. The molecule has 3 aromatic rings. The number of sulfonamides is 1.